The van der Waals surface area contributed by atoms with Crippen LogP contribution in [0.4, 0.5) is 14.5 Å². The third-order valence-electron chi connectivity index (χ3n) is 2.81. The SMILES string of the molecule is Cn1cc(N)c(=O)n(Cc2c(F)ccc(Br)c2F)c1=O. The number of aromatic nitrogens is 2. The Morgan fingerprint density at radius 2 is 1.95 bits per heavy atom. The molecular formula is C12H10BrF2N3O2. The van der Waals surface area contributed by atoms with Crippen molar-refractivity contribution in [1.29, 1.82) is 0 Å². The second-order valence-electron chi connectivity index (χ2n) is 4.19. The molecule has 0 saturated heterocycles. The molecule has 1 heterocycles. The average molecular weight is 346 g/mol. The van der Waals surface area contributed by atoms with Gasteiger partial charge in [-0.25, -0.2) is 13.6 Å². The highest BCUT2D eigenvalue weighted by atomic mass is 79.9. The van der Waals surface area contributed by atoms with Crippen LogP contribution in [0, 0.1) is 11.6 Å². The summed E-state index contributed by atoms with van der Waals surface area (Å²) < 4.78 is 29.3. The van der Waals surface area contributed by atoms with E-state index in [2.05, 4.69) is 15.9 Å². The fraction of sp³-hybridized carbons (Fsp3) is 0.167. The number of hydrogen-bond donors (Lipinski definition) is 1. The molecule has 0 fully saturated rings. The molecule has 0 radical (unpaired) electrons. The summed E-state index contributed by atoms with van der Waals surface area (Å²) >= 11 is 2.92. The molecule has 2 aromatic rings. The smallest absolute Gasteiger partial charge is 0.331 e. The van der Waals surface area contributed by atoms with Crippen LogP contribution >= 0.6 is 15.9 Å². The third-order valence-corrected chi connectivity index (χ3v) is 3.43. The predicted molar refractivity (Wildman–Crippen MR) is 73.5 cm³/mol. The molecule has 8 heteroatoms. The summed E-state index contributed by atoms with van der Waals surface area (Å²) in [7, 11) is 1.39. The minimum Gasteiger partial charge on any atom is -0.393 e. The summed E-state index contributed by atoms with van der Waals surface area (Å²) in [6, 6.07) is 2.25. The van der Waals surface area contributed by atoms with Gasteiger partial charge in [0.15, 0.2) is 0 Å². The Morgan fingerprint density at radius 3 is 2.60 bits per heavy atom. The van der Waals surface area contributed by atoms with E-state index in [1.54, 1.807) is 0 Å². The van der Waals surface area contributed by atoms with E-state index in [1.165, 1.54) is 13.1 Å². The molecule has 0 bridgehead atoms. The van der Waals surface area contributed by atoms with Crippen molar-refractivity contribution in [1.82, 2.24) is 9.13 Å². The van der Waals surface area contributed by atoms with Crippen molar-refractivity contribution in [3.05, 3.63) is 60.8 Å². The van der Waals surface area contributed by atoms with Gasteiger partial charge in [0.25, 0.3) is 5.56 Å². The Kier molecular flexibility index (Phi) is 3.76. The van der Waals surface area contributed by atoms with Crippen molar-refractivity contribution < 1.29 is 8.78 Å². The van der Waals surface area contributed by atoms with Gasteiger partial charge in [-0.1, -0.05) is 0 Å². The highest BCUT2D eigenvalue weighted by molar-refractivity contribution is 9.10. The number of nitrogens with zero attached hydrogens (tertiary/aromatic N) is 2. The second-order valence-corrected chi connectivity index (χ2v) is 5.05. The standard InChI is InChI=1S/C12H10BrF2N3O2/c1-17-5-9(16)11(19)18(12(17)20)4-6-8(14)3-2-7(13)10(6)15/h2-3,5H,4,16H2,1H3. The maximum atomic E-state index is 13.9. The predicted octanol–water partition coefficient (Wildman–Crippen LogP) is 1.22. The highest BCUT2D eigenvalue weighted by Gasteiger charge is 2.16. The van der Waals surface area contributed by atoms with Crippen molar-refractivity contribution in [3.63, 3.8) is 0 Å². The molecule has 1 aromatic heterocycles. The van der Waals surface area contributed by atoms with Crippen LogP contribution < -0.4 is 17.0 Å². The fourth-order valence-corrected chi connectivity index (χ4v) is 2.14. The quantitative estimate of drug-likeness (QED) is 0.832. The summed E-state index contributed by atoms with van der Waals surface area (Å²) in [5.74, 6) is -1.71. The molecule has 20 heavy (non-hydrogen) atoms. The maximum absolute atomic E-state index is 13.9. The maximum Gasteiger partial charge on any atom is 0.331 e. The van der Waals surface area contributed by atoms with Crippen molar-refractivity contribution in [2.45, 2.75) is 6.54 Å². The van der Waals surface area contributed by atoms with Crippen LogP contribution in [-0.2, 0) is 13.6 Å². The molecule has 1 aromatic carbocycles. The van der Waals surface area contributed by atoms with Gasteiger partial charge in [-0.05, 0) is 28.1 Å². The van der Waals surface area contributed by atoms with Crippen LogP contribution in [0.25, 0.3) is 0 Å². The third kappa shape index (κ3) is 2.38. The molecule has 2 N–H and O–H groups in total. The number of hydrogen-bond acceptors (Lipinski definition) is 3. The topological polar surface area (TPSA) is 70.0 Å². The lowest BCUT2D eigenvalue weighted by Gasteiger charge is -2.10. The van der Waals surface area contributed by atoms with E-state index in [0.29, 0.717) is 4.57 Å². The van der Waals surface area contributed by atoms with Crippen LogP contribution in [0.2, 0.25) is 0 Å². The van der Waals surface area contributed by atoms with E-state index in [0.717, 1.165) is 16.8 Å². The first-order valence-corrected chi connectivity index (χ1v) is 6.30. The highest BCUT2D eigenvalue weighted by Crippen LogP contribution is 2.21. The molecule has 0 unspecified atom stereocenters. The van der Waals surface area contributed by atoms with Gasteiger partial charge in [0, 0.05) is 18.8 Å². The lowest BCUT2D eigenvalue weighted by Crippen LogP contribution is -2.40. The molecule has 0 saturated carbocycles. The summed E-state index contributed by atoms with van der Waals surface area (Å²) in [5.41, 5.74) is 3.41. The molecule has 106 valence electrons. The number of benzene rings is 1. The fourth-order valence-electron chi connectivity index (χ4n) is 1.76. The molecule has 0 atom stereocenters. The Balaban J connectivity index is 2.66. The molecule has 5 nitrogen and oxygen atoms in total. The van der Waals surface area contributed by atoms with Crippen LogP contribution in [0.3, 0.4) is 0 Å². The molecule has 0 aliphatic heterocycles. The summed E-state index contributed by atoms with van der Waals surface area (Å²) in [5, 5.41) is 0. The van der Waals surface area contributed by atoms with Gasteiger partial charge in [-0.2, -0.15) is 0 Å². The lowest BCUT2D eigenvalue weighted by atomic mass is 10.2. The van der Waals surface area contributed by atoms with Gasteiger partial charge in [-0.3, -0.25) is 9.36 Å². The number of halogens is 3. The molecule has 0 aliphatic rings. The Hall–Kier alpha value is -1.96. The van der Waals surface area contributed by atoms with E-state index >= 15 is 0 Å². The second kappa shape index (κ2) is 5.20. The molecular weight excluding hydrogens is 336 g/mol. The first-order chi connectivity index (χ1) is 9.32. The molecule has 0 spiro atoms. The lowest BCUT2D eigenvalue weighted by molar-refractivity contribution is 0.527. The minimum atomic E-state index is -0.860. The van der Waals surface area contributed by atoms with Crippen LogP contribution in [0.1, 0.15) is 5.56 Å². The van der Waals surface area contributed by atoms with Gasteiger partial charge in [0.05, 0.1) is 11.0 Å². The monoisotopic (exact) mass is 345 g/mol. The number of aryl methyl sites for hydroxylation is 1. The van der Waals surface area contributed by atoms with Crippen molar-refractivity contribution in [2.75, 3.05) is 5.73 Å². The average Bonchev–Trinajstić information content (AvgIpc) is 2.40. The van der Waals surface area contributed by atoms with Gasteiger partial charge < -0.3 is 10.3 Å². The normalized spacial score (nSPS) is 10.8. The van der Waals surface area contributed by atoms with Gasteiger partial charge in [0.1, 0.15) is 17.3 Å². The van der Waals surface area contributed by atoms with Crippen molar-refractivity contribution in [2.24, 2.45) is 7.05 Å². The van der Waals surface area contributed by atoms with Crippen LogP contribution in [-0.4, -0.2) is 9.13 Å². The summed E-state index contributed by atoms with van der Waals surface area (Å²) in [6.45, 7) is -0.534. The molecule has 0 aliphatic carbocycles. The molecule has 2 rings (SSSR count). The number of anilines is 1. The number of rotatable bonds is 2. The van der Waals surface area contributed by atoms with Crippen molar-refractivity contribution >= 4 is 21.6 Å². The van der Waals surface area contributed by atoms with Crippen LogP contribution in [0.5, 0.6) is 0 Å². The first-order valence-electron chi connectivity index (χ1n) is 5.51. The van der Waals surface area contributed by atoms with Gasteiger partial charge >= 0.3 is 5.69 Å². The zero-order valence-corrected chi connectivity index (χ0v) is 11.9. The molecule has 0 amide bonds. The van der Waals surface area contributed by atoms with Crippen LogP contribution in [0.15, 0.2) is 32.4 Å². The summed E-state index contributed by atoms with van der Waals surface area (Å²) in [4.78, 5) is 23.7. The van der Waals surface area contributed by atoms with E-state index in [9.17, 15) is 18.4 Å². The zero-order valence-electron chi connectivity index (χ0n) is 10.4. The Labute approximate surface area is 120 Å². The minimum absolute atomic E-state index is 0.0441. The summed E-state index contributed by atoms with van der Waals surface area (Å²) in [6.07, 6.45) is 1.16. The van der Waals surface area contributed by atoms with E-state index in [1.807, 2.05) is 0 Å². The largest absolute Gasteiger partial charge is 0.393 e. The Bertz CT molecular complexity index is 764. The van der Waals surface area contributed by atoms with Crippen molar-refractivity contribution in [3.8, 4) is 0 Å². The van der Waals surface area contributed by atoms with E-state index in [-0.39, 0.29) is 15.7 Å². The van der Waals surface area contributed by atoms with Gasteiger partial charge in [-0.15, -0.1) is 0 Å². The number of nitrogen functional groups attached to an aromatic ring is 1. The zero-order chi connectivity index (χ0) is 15.0. The Morgan fingerprint density at radius 1 is 1.30 bits per heavy atom. The van der Waals surface area contributed by atoms with E-state index < -0.39 is 29.4 Å². The van der Waals surface area contributed by atoms with Gasteiger partial charge in [0.2, 0.25) is 0 Å². The number of nitrogens with two attached hydrogens (primary N) is 1. The van der Waals surface area contributed by atoms with E-state index in [4.69, 9.17) is 5.73 Å². The first kappa shape index (κ1) is 14.4.